The average Bonchev–Trinajstić information content (AvgIpc) is 3.27. The molecule has 0 aliphatic rings. The van der Waals surface area contributed by atoms with E-state index >= 15 is 0 Å². The van der Waals surface area contributed by atoms with Crippen LogP contribution in [-0.2, 0) is 0 Å². The summed E-state index contributed by atoms with van der Waals surface area (Å²) in [4.78, 5) is 27.8. The predicted octanol–water partition coefficient (Wildman–Crippen LogP) is 3.31. The molecule has 4 rings (SSSR count). The van der Waals surface area contributed by atoms with Crippen LogP contribution in [0.25, 0.3) is 11.1 Å². The molecule has 4 heterocycles. The number of H-pyrrole nitrogens is 2. The number of hydrogen-bond acceptors (Lipinski definition) is 7. The molecule has 0 spiro atoms. The maximum absolute atomic E-state index is 13.1. The van der Waals surface area contributed by atoms with Gasteiger partial charge in [-0.3, -0.25) is 14.9 Å². The second-order valence-electron chi connectivity index (χ2n) is 6.74. The monoisotopic (exact) mass is 406 g/mol. The summed E-state index contributed by atoms with van der Waals surface area (Å²) in [7, 11) is 0. The number of halogens is 1. The number of nitrogens with one attached hydrogen (secondary N) is 4. The molecule has 0 fully saturated rings. The van der Waals surface area contributed by atoms with E-state index in [1.54, 1.807) is 36.9 Å². The highest BCUT2D eigenvalue weighted by Crippen LogP contribution is 2.22. The van der Waals surface area contributed by atoms with Crippen molar-refractivity contribution in [3.8, 4) is 11.1 Å². The second-order valence-corrected chi connectivity index (χ2v) is 6.74. The van der Waals surface area contributed by atoms with Crippen molar-refractivity contribution in [2.24, 2.45) is 0 Å². The van der Waals surface area contributed by atoms with E-state index in [1.165, 1.54) is 12.3 Å². The fourth-order valence-corrected chi connectivity index (χ4v) is 2.84. The van der Waals surface area contributed by atoms with E-state index in [9.17, 15) is 9.18 Å². The van der Waals surface area contributed by atoms with Crippen LogP contribution in [0.5, 0.6) is 0 Å². The van der Waals surface area contributed by atoms with E-state index in [0.29, 0.717) is 17.2 Å². The molecule has 4 aromatic heterocycles. The van der Waals surface area contributed by atoms with Crippen molar-refractivity contribution in [2.75, 3.05) is 10.6 Å². The molecule has 0 radical (unpaired) electrons. The van der Waals surface area contributed by atoms with Gasteiger partial charge in [0.15, 0.2) is 0 Å². The first-order valence-electron chi connectivity index (χ1n) is 9.20. The molecule has 4 aromatic rings. The molecule has 10 heteroatoms. The highest BCUT2D eigenvalue weighted by atomic mass is 19.1. The van der Waals surface area contributed by atoms with Gasteiger partial charge in [-0.2, -0.15) is 10.1 Å². The number of aromatic amines is 2. The van der Waals surface area contributed by atoms with Crippen molar-refractivity contribution in [1.82, 2.24) is 30.1 Å². The third-order valence-corrected chi connectivity index (χ3v) is 4.50. The summed E-state index contributed by atoms with van der Waals surface area (Å²) in [5.74, 6) is 0.448. The van der Waals surface area contributed by atoms with Crippen LogP contribution in [0.4, 0.5) is 21.8 Å². The van der Waals surface area contributed by atoms with Crippen molar-refractivity contribution < 1.29 is 4.39 Å². The van der Waals surface area contributed by atoms with Gasteiger partial charge >= 0.3 is 0 Å². The first-order chi connectivity index (χ1) is 14.5. The van der Waals surface area contributed by atoms with Gasteiger partial charge in [-0.1, -0.05) is 0 Å². The highest BCUT2D eigenvalue weighted by molar-refractivity contribution is 5.67. The molecule has 0 aliphatic carbocycles. The van der Waals surface area contributed by atoms with Crippen LogP contribution in [0.3, 0.4) is 0 Å². The molecule has 1 atom stereocenters. The molecule has 0 bridgehead atoms. The largest absolute Gasteiger partial charge is 0.362 e. The molecule has 0 amide bonds. The quantitative estimate of drug-likeness (QED) is 0.387. The molecule has 0 saturated heterocycles. The van der Waals surface area contributed by atoms with E-state index in [1.807, 2.05) is 13.8 Å². The third-order valence-electron chi connectivity index (χ3n) is 4.50. The smallest absolute Gasteiger partial charge is 0.271 e. The lowest BCUT2D eigenvalue weighted by Crippen LogP contribution is -2.14. The minimum Gasteiger partial charge on any atom is -0.362 e. The van der Waals surface area contributed by atoms with Crippen LogP contribution >= 0.6 is 0 Å². The minimum atomic E-state index is -0.390. The lowest BCUT2D eigenvalue weighted by atomic mass is 10.1. The SMILES string of the molecule is Cc1cnc(Nc2cc(-c3cn[nH]c3)c[nH]c2=O)nc1N[C@@H](C)c1ccc(F)cn1. The average molecular weight is 406 g/mol. The number of rotatable bonds is 6. The van der Waals surface area contributed by atoms with E-state index in [-0.39, 0.29) is 17.5 Å². The number of nitrogens with zero attached hydrogens (tertiary/aromatic N) is 4. The Balaban J connectivity index is 1.57. The number of aryl methyl sites for hydroxylation is 1. The zero-order valence-corrected chi connectivity index (χ0v) is 16.3. The van der Waals surface area contributed by atoms with Crippen LogP contribution < -0.4 is 16.2 Å². The van der Waals surface area contributed by atoms with Gasteiger partial charge in [-0.05, 0) is 32.0 Å². The maximum Gasteiger partial charge on any atom is 0.271 e. The Hall–Kier alpha value is -4.08. The van der Waals surface area contributed by atoms with Crippen molar-refractivity contribution >= 4 is 17.5 Å². The first-order valence-corrected chi connectivity index (χ1v) is 9.20. The van der Waals surface area contributed by atoms with Gasteiger partial charge in [-0.25, -0.2) is 9.37 Å². The summed E-state index contributed by atoms with van der Waals surface area (Å²) in [5.41, 5.74) is 3.11. The zero-order chi connectivity index (χ0) is 21.1. The topological polar surface area (TPSA) is 124 Å². The van der Waals surface area contributed by atoms with Crippen molar-refractivity contribution in [3.05, 3.63) is 76.6 Å². The Morgan fingerprint density at radius 2 is 1.97 bits per heavy atom. The Morgan fingerprint density at radius 1 is 1.10 bits per heavy atom. The lowest BCUT2D eigenvalue weighted by molar-refractivity contribution is 0.617. The summed E-state index contributed by atoms with van der Waals surface area (Å²) in [6.07, 6.45) is 7.82. The molecule has 0 aliphatic heterocycles. The zero-order valence-electron chi connectivity index (χ0n) is 16.3. The highest BCUT2D eigenvalue weighted by Gasteiger charge is 2.12. The number of hydrogen-bond donors (Lipinski definition) is 4. The Bertz CT molecular complexity index is 1200. The molecule has 30 heavy (non-hydrogen) atoms. The van der Waals surface area contributed by atoms with Gasteiger partial charge in [-0.15, -0.1) is 0 Å². The van der Waals surface area contributed by atoms with Gasteiger partial charge in [0.05, 0.1) is 24.1 Å². The summed E-state index contributed by atoms with van der Waals surface area (Å²) < 4.78 is 13.1. The van der Waals surface area contributed by atoms with Crippen molar-refractivity contribution in [2.45, 2.75) is 19.9 Å². The maximum atomic E-state index is 13.1. The van der Waals surface area contributed by atoms with E-state index in [2.05, 4.69) is 40.8 Å². The van der Waals surface area contributed by atoms with Crippen LogP contribution in [0.2, 0.25) is 0 Å². The predicted molar refractivity (Wildman–Crippen MR) is 111 cm³/mol. The molecule has 9 nitrogen and oxygen atoms in total. The number of pyridine rings is 2. The van der Waals surface area contributed by atoms with Gasteiger partial charge in [0.25, 0.3) is 5.56 Å². The summed E-state index contributed by atoms with van der Waals surface area (Å²) in [6, 6.07) is 4.47. The number of aromatic nitrogens is 6. The van der Waals surface area contributed by atoms with E-state index in [0.717, 1.165) is 16.7 Å². The first kappa shape index (κ1) is 19.2. The molecule has 152 valence electrons. The van der Waals surface area contributed by atoms with Crippen LogP contribution in [0.1, 0.15) is 24.2 Å². The van der Waals surface area contributed by atoms with Crippen molar-refractivity contribution in [3.63, 3.8) is 0 Å². The third kappa shape index (κ3) is 4.17. The van der Waals surface area contributed by atoms with Gasteiger partial charge in [0.1, 0.15) is 17.3 Å². The summed E-state index contributed by atoms with van der Waals surface area (Å²) in [6.45, 7) is 3.76. The molecular formula is C20H19FN8O. The van der Waals surface area contributed by atoms with Gasteiger partial charge in [0.2, 0.25) is 5.95 Å². The van der Waals surface area contributed by atoms with Crippen molar-refractivity contribution in [1.29, 1.82) is 0 Å². The number of anilines is 3. The Labute approximate surface area is 170 Å². The standard InChI is InChI=1S/C20H19FN8O/c1-11-6-24-20(29-18(11)27-12(2)16-4-3-15(21)10-22-16)28-17-5-13(7-23-19(17)30)14-8-25-26-9-14/h3-10,12H,1-2H3,(H,23,30)(H,25,26)(H2,24,27,28,29)/t12-/m0/s1. The summed E-state index contributed by atoms with van der Waals surface area (Å²) >= 11 is 0. The van der Waals surface area contributed by atoms with Gasteiger partial charge in [0, 0.05) is 35.3 Å². The minimum absolute atomic E-state index is 0.208. The fraction of sp³-hybridized carbons (Fsp3) is 0.150. The molecule has 4 N–H and O–H groups in total. The summed E-state index contributed by atoms with van der Waals surface area (Å²) in [5, 5.41) is 12.9. The van der Waals surface area contributed by atoms with E-state index < -0.39 is 5.82 Å². The second kappa shape index (κ2) is 8.11. The normalized spacial score (nSPS) is 11.8. The van der Waals surface area contributed by atoms with E-state index in [4.69, 9.17) is 0 Å². The lowest BCUT2D eigenvalue weighted by Gasteiger charge is -2.16. The van der Waals surface area contributed by atoms with Crippen LogP contribution in [-0.4, -0.2) is 30.1 Å². The Morgan fingerprint density at radius 3 is 2.70 bits per heavy atom. The molecule has 0 unspecified atom stereocenters. The fourth-order valence-electron chi connectivity index (χ4n) is 2.84. The molecule has 0 aromatic carbocycles. The van der Waals surface area contributed by atoms with Gasteiger partial charge < -0.3 is 15.6 Å². The van der Waals surface area contributed by atoms with Crippen LogP contribution in [0, 0.1) is 12.7 Å². The molecular weight excluding hydrogens is 387 g/mol. The molecule has 0 saturated carbocycles. The van der Waals surface area contributed by atoms with Crippen LogP contribution in [0.15, 0.2) is 54.0 Å². The Kier molecular flexibility index (Phi) is 5.21.